The van der Waals surface area contributed by atoms with Crippen molar-refractivity contribution in [1.82, 2.24) is 14.5 Å². The monoisotopic (exact) mass is 611 g/mol. The van der Waals surface area contributed by atoms with E-state index in [1.807, 2.05) is 36.4 Å². The second kappa shape index (κ2) is 9.50. The predicted octanol–water partition coefficient (Wildman–Crippen LogP) is 11.6. The lowest BCUT2D eigenvalue weighted by Gasteiger charge is -2.17. The third-order valence-corrected chi connectivity index (χ3v) is 9.92. The molecule has 0 bridgehead atoms. The maximum atomic E-state index is 6.98. The predicted molar refractivity (Wildman–Crippen MR) is 196 cm³/mol. The molecule has 0 aliphatic carbocycles. The highest BCUT2D eigenvalue weighted by Crippen LogP contribution is 2.52. The molecule has 4 heteroatoms. The van der Waals surface area contributed by atoms with Crippen LogP contribution in [0.5, 0.6) is 0 Å². The van der Waals surface area contributed by atoms with Crippen LogP contribution in [0.3, 0.4) is 0 Å². The van der Waals surface area contributed by atoms with Crippen molar-refractivity contribution >= 4 is 54.8 Å². The molecule has 11 rings (SSSR count). The molecule has 1 aliphatic heterocycles. The van der Waals surface area contributed by atoms with Crippen LogP contribution in [0.15, 0.2) is 156 Å². The average Bonchev–Trinajstić information content (AvgIpc) is 3.67. The molecule has 0 radical (unpaired) electrons. The Morgan fingerprint density at radius 1 is 0.479 bits per heavy atom. The zero-order valence-corrected chi connectivity index (χ0v) is 25.7. The van der Waals surface area contributed by atoms with Crippen LogP contribution in [0.2, 0.25) is 0 Å². The summed E-state index contributed by atoms with van der Waals surface area (Å²) in [6.45, 7) is 0. The molecule has 0 unspecified atom stereocenters. The molecule has 10 aromatic rings. The molecule has 0 saturated carbocycles. The SMILES string of the molecule is c1ccc(-c2nc3ccccc3nc2-c2cc3c(c4oc5ccccc5c24)-c2ccccc2-c2cccc4c5ccccc5n-3c24)cc1. The Kier molecular flexibility index (Phi) is 5.08. The quantitative estimate of drug-likeness (QED) is 0.195. The van der Waals surface area contributed by atoms with Gasteiger partial charge in [-0.3, -0.25) is 0 Å². The zero-order chi connectivity index (χ0) is 31.3. The molecule has 0 spiro atoms. The molecule has 1 aliphatic rings. The normalized spacial score (nSPS) is 12.2. The molecule has 0 N–H and O–H groups in total. The van der Waals surface area contributed by atoms with Gasteiger partial charge < -0.3 is 8.98 Å². The number of fused-ring (bicyclic) bond motifs is 13. The zero-order valence-electron chi connectivity index (χ0n) is 25.7. The van der Waals surface area contributed by atoms with E-state index in [1.54, 1.807) is 0 Å². The van der Waals surface area contributed by atoms with E-state index >= 15 is 0 Å². The highest BCUT2D eigenvalue weighted by molar-refractivity contribution is 6.23. The standard InChI is InChI=1S/C44H25N3O/c1-2-13-26(14-3-1)41-42(46-35-22-9-8-21-34(35)45-41)33-25-37-40(44-39(33)32-18-7-11-24-38(32)48-44)29-17-5-4-15-27(29)30-19-12-20-31-28-16-6-10-23-36(28)47(37)43(30)31/h1-25H. The maximum Gasteiger partial charge on any atom is 0.146 e. The summed E-state index contributed by atoms with van der Waals surface area (Å²) >= 11 is 0. The first-order valence-corrected chi connectivity index (χ1v) is 16.3. The van der Waals surface area contributed by atoms with Gasteiger partial charge in [-0.2, -0.15) is 0 Å². The van der Waals surface area contributed by atoms with E-state index in [1.165, 1.54) is 27.4 Å². The summed E-state index contributed by atoms with van der Waals surface area (Å²) in [5, 5.41) is 4.55. The van der Waals surface area contributed by atoms with Crippen molar-refractivity contribution < 1.29 is 4.42 Å². The van der Waals surface area contributed by atoms with Gasteiger partial charge in [-0.25, -0.2) is 9.97 Å². The molecule has 4 heterocycles. The largest absolute Gasteiger partial charge is 0.455 e. The van der Waals surface area contributed by atoms with Crippen molar-refractivity contribution in [3.63, 3.8) is 0 Å². The van der Waals surface area contributed by atoms with E-state index in [-0.39, 0.29) is 0 Å². The van der Waals surface area contributed by atoms with Gasteiger partial charge in [0.2, 0.25) is 0 Å². The van der Waals surface area contributed by atoms with Crippen molar-refractivity contribution in [2.24, 2.45) is 0 Å². The molecule has 48 heavy (non-hydrogen) atoms. The first-order valence-electron chi connectivity index (χ1n) is 16.3. The van der Waals surface area contributed by atoms with Gasteiger partial charge in [0.15, 0.2) is 0 Å². The van der Waals surface area contributed by atoms with E-state index < -0.39 is 0 Å². The lowest BCUT2D eigenvalue weighted by atomic mass is 9.90. The van der Waals surface area contributed by atoms with Gasteiger partial charge in [0, 0.05) is 43.8 Å². The topological polar surface area (TPSA) is 43.9 Å². The number of aromatic nitrogens is 3. The van der Waals surface area contributed by atoms with Gasteiger partial charge in [0.1, 0.15) is 11.2 Å². The number of para-hydroxylation sites is 5. The first kappa shape index (κ1) is 25.6. The van der Waals surface area contributed by atoms with Crippen LogP contribution in [0.4, 0.5) is 0 Å². The molecule has 222 valence electrons. The molecule has 7 aromatic carbocycles. The Labute approximate surface area is 275 Å². The Hall–Kier alpha value is -6.52. The van der Waals surface area contributed by atoms with Crippen LogP contribution in [0.25, 0.3) is 105 Å². The van der Waals surface area contributed by atoms with Gasteiger partial charge in [-0.05, 0) is 41.5 Å². The summed E-state index contributed by atoms with van der Waals surface area (Å²) in [6, 6.07) is 53.4. The number of hydrogen-bond donors (Lipinski definition) is 0. The fourth-order valence-electron chi connectivity index (χ4n) is 7.92. The number of furan rings is 1. The Morgan fingerprint density at radius 3 is 1.98 bits per heavy atom. The number of rotatable bonds is 2. The number of nitrogens with zero attached hydrogens (tertiary/aromatic N) is 3. The Bertz CT molecular complexity index is 2950. The summed E-state index contributed by atoms with van der Waals surface area (Å²) in [5.74, 6) is 0. The van der Waals surface area contributed by atoms with Crippen molar-refractivity contribution in [2.45, 2.75) is 0 Å². The highest BCUT2D eigenvalue weighted by Gasteiger charge is 2.30. The Balaban J connectivity index is 1.40. The van der Waals surface area contributed by atoms with E-state index in [4.69, 9.17) is 14.4 Å². The second-order valence-corrected chi connectivity index (χ2v) is 12.5. The fourth-order valence-corrected chi connectivity index (χ4v) is 7.92. The molecule has 0 amide bonds. The molecule has 0 fully saturated rings. The van der Waals surface area contributed by atoms with Crippen LogP contribution in [-0.4, -0.2) is 14.5 Å². The van der Waals surface area contributed by atoms with E-state index in [9.17, 15) is 0 Å². The minimum Gasteiger partial charge on any atom is -0.455 e. The average molecular weight is 612 g/mol. The van der Waals surface area contributed by atoms with Crippen LogP contribution in [-0.2, 0) is 0 Å². The third kappa shape index (κ3) is 3.38. The van der Waals surface area contributed by atoms with E-state index in [0.717, 1.165) is 77.8 Å². The van der Waals surface area contributed by atoms with Crippen LogP contribution in [0.1, 0.15) is 0 Å². The van der Waals surface area contributed by atoms with Gasteiger partial charge in [-0.1, -0.05) is 121 Å². The van der Waals surface area contributed by atoms with Gasteiger partial charge in [0.05, 0.1) is 39.1 Å². The van der Waals surface area contributed by atoms with Crippen molar-refractivity contribution in [3.8, 4) is 50.5 Å². The summed E-state index contributed by atoms with van der Waals surface area (Å²) in [5.41, 5.74) is 15.1. The van der Waals surface area contributed by atoms with Gasteiger partial charge in [0.25, 0.3) is 0 Å². The van der Waals surface area contributed by atoms with Gasteiger partial charge in [-0.15, -0.1) is 0 Å². The lowest BCUT2D eigenvalue weighted by Crippen LogP contribution is -2.00. The number of benzene rings is 7. The summed E-state index contributed by atoms with van der Waals surface area (Å²) in [6.07, 6.45) is 0. The van der Waals surface area contributed by atoms with Crippen molar-refractivity contribution in [1.29, 1.82) is 0 Å². The molecule has 0 saturated heterocycles. The van der Waals surface area contributed by atoms with Crippen LogP contribution in [0, 0.1) is 0 Å². The summed E-state index contributed by atoms with van der Waals surface area (Å²) in [7, 11) is 0. The van der Waals surface area contributed by atoms with Crippen LogP contribution >= 0.6 is 0 Å². The summed E-state index contributed by atoms with van der Waals surface area (Å²) in [4.78, 5) is 10.7. The molecular formula is C44H25N3O. The third-order valence-electron chi connectivity index (χ3n) is 9.92. The van der Waals surface area contributed by atoms with E-state index in [2.05, 4.69) is 120 Å². The van der Waals surface area contributed by atoms with Crippen LogP contribution < -0.4 is 0 Å². The first-order chi connectivity index (χ1) is 23.8. The minimum atomic E-state index is 0.831. The fraction of sp³-hybridized carbons (Fsp3) is 0. The molecular weight excluding hydrogens is 587 g/mol. The number of hydrogen-bond acceptors (Lipinski definition) is 3. The minimum absolute atomic E-state index is 0.831. The Morgan fingerprint density at radius 2 is 1.12 bits per heavy atom. The van der Waals surface area contributed by atoms with Gasteiger partial charge >= 0.3 is 0 Å². The maximum absolute atomic E-state index is 6.98. The lowest BCUT2D eigenvalue weighted by molar-refractivity contribution is 0.670. The second-order valence-electron chi connectivity index (χ2n) is 12.5. The van der Waals surface area contributed by atoms with Crippen molar-refractivity contribution in [3.05, 3.63) is 152 Å². The van der Waals surface area contributed by atoms with E-state index in [0.29, 0.717) is 0 Å². The molecule has 0 atom stereocenters. The summed E-state index contributed by atoms with van der Waals surface area (Å²) < 4.78 is 9.43. The molecule has 3 aromatic heterocycles. The highest BCUT2D eigenvalue weighted by atomic mass is 16.3. The molecule has 4 nitrogen and oxygen atoms in total. The van der Waals surface area contributed by atoms with Crippen molar-refractivity contribution in [2.75, 3.05) is 0 Å². The smallest absolute Gasteiger partial charge is 0.146 e.